The molecule has 1 aliphatic heterocycles. The quantitative estimate of drug-likeness (QED) is 0.656. The second-order valence-electron chi connectivity index (χ2n) is 3.84. The van der Waals surface area contributed by atoms with Crippen molar-refractivity contribution < 1.29 is 19.1 Å². The summed E-state index contributed by atoms with van der Waals surface area (Å²) in [4.78, 5) is 24.7. The molecule has 0 N–H and O–H groups in total. The van der Waals surface area contributed by atoms with Crippen molar-refractivity contribution in [1.82, 2.24) is 4.90 Å². The van der Waals surface area contributed by atoms with Crippen LogP contribution in [-0.2, 0) is 19.1 Å². The summed E-state index contributed by atoms with van der Waals surface area (Å²) in [6, 6.07) is 0. The molecule has 0 saturated carbocycles. The summed E-state index contributed by atoms with van der Waals surface area (Å²) in [5.41, 5.74) is 0. The van der Waals surface area contributed by atoms with Crippen LogP contribution >= 0.6 is 0 Å². The first kappa shape index (κ1) is 13.0. The third kappa shape index (κ3) is 3.48. The zero-order valence-corrected chi connectivity index (χ0v) is 9.90. The third-order valence-corrected chi connectivity index (χ3v) is 2.75. The van der Waals surface area contributed by atoms with Gasteiger partial charge in [0.1, 0.15) is 6.54 Å². The van der Waals surface area contributed by atoms with Gasteiger partial charge in [-0.3, -0.25) is 9.59 Å². The predicted octanol–water partition coefficient (Wildman–Crippen LogP) is 0.434. The highest BCUT2D eigenvalue weighted by Gasteiger charge is 2.26. The lowest BCUT2D eigenvalue weighted by Crippen LogP contribution is -2.42. The molecule has 1 rings (SSSR count). The van der Waals surface area contributed by atoms with Crippen LogP contribution in [-0.4, -0.2) is 50.2 Å². The number of methoxy groups -OCH3 is 1. The van der Waals surface area contributed by atoms with E-state index in [2.05, 4.69) is 4.74 Å². The second kappa shape index (κ2) is 6.48. The lowest BCUT2D eigenvalue weighted by Gasteiger charge is -2.27. The average Bonchev–Trinajstić information content (AvgIpc) is 2.35. The molecule has 1 atom stereocenters. The van der Waals surface area contributed by atoms with E-state index in [4.69, 9.17) is 4.74 Å². The molecular formula is C11H19NO4. The molecule has 1 aliphatic rings. The maximum Gasteiger partial charge on any atom is 0.325 e. The van der Waals surface area contributed by atoms with Crippen LogP contribution in [0, 0.1) is 5.92 Å². The number of likely N-dealkylation sites (N-methyl/N-ethyl adjacent to an activating group) is 1. The summed E-state index contributed by atoms with van der Waals surface area (Å²) < 4.78 is 9.82. The van der Waals surface area contributed by atoms with Crippen LogP contribution < -0.4 is 0 Å². The molecule has 1 heterocycles. The number of carbonyl (C=O) groups excluding carboxylic acids is 2. The Morgan fingerprint density at radius 1 is 1.50 bits per heavy atom. The van der Waals surface area contributed by atoms with Crippen LogP contribution in [0.4, 0.5) is 0 Å². The molecule has 0 bridgehead atoms. The predicted molar refractivity (Wildman–Crippen MR) is 57.8 cm³/mol. The van der Waals surface area contributed by atoms with Gasteiger partial charge in [0.25, 0.3) is 0 Å². The van der Waals surface area contributed by atoms with Crippen molar-refractivity contribution in [2.24, 2.45) is 5.92 Å². The van der Waals surface area contributed by atoms with Gasteiger partial charge in [-0.2, -0.15) is 0 Å². The minimum atomic E-state index is -0.382. The number of amides is 1. The minimum absolute atomic E-state index is 0.00685. The normalized spacial score (nSPS) is 20.2. The first-order chi connectivity index (χ1) is 7.69. The van der Waals surface area contributed by atoms with Gasteiger partial charge >= 0.3 is 5.97 Å². The van der Waals surface area contributed by atoms with Crippen LogP contribution in [0.25, 0.3) is 0 Å². The molecule has 1 saturated heterocycles. The molecule has 92 valence electrons. The molecule has 0 aliphatic carbocycles. The van der Waals surface area contributed by atoms with Gasteiger partial charge in [-0.1, -0.05) is 0 Å². The second-order valence-corrected chi connectivity index (χ2v) is 3.84. The Balaban J connectivity index is 2.50. The number of ether oxygens (including phenoxy) is 2. The van der Waals surface area contributed by atoms with Gasteiger partial charge in [0, 0.05) is 13.2 Å². The van der Waals surface area contributed by atoms with Crippen molar-refractivity contribution in [2.45, 2.75) is 19.8 Å². The van der Waals surface area contributed by atoms with E-state index in [1.54, 1.807) is 0 Å². The zero-order valence-electron chi connectivity index (χ0n) is 9.90. The number of rotatable bonds is 4. The van der Waals surface area contributed by atoms with E-state index < -0.39 is 0 Å². The summed E-state index contributed by atoms with van der Waals surface area (Å²) in [5, 5.41) is 0. The van der Waals surface area contributed by atoms with Crippen molar-refractivity contribution in [2.75, 3.05) is 33.4 Å². The summed E-state index contributed by atoms with van der Waals surface area (Å²) in [7, 11) is 1.32. The Morgan fingerprint density at radius 2 is 2.25 bits per heavy atom. The van der Waals surface area contributed by atoms with E-state index in [9.17, 15) is 9.59 Å². The van der Waals surface area contributed by atoms with E-state index in [1.165, 1.54) is 12.0 Å². The molecule has 1 fully saturated rings. The molecule has 16 heavy (non-hydrogen) atoms. The van der Waals surface area contributed by atoms with E-state index in [0.717, 1.165) is 19.4 Å². The molecule has 0 spiro atoms. The van der Waals surface area contributed by atoms with Crippen LogP contribution in [0.15, 0.2) is 0 Å². The largest absolute Gasteiger partial charge is 0.468 e. The fourth-order valence-electron chi connectivity index (χ4n) is 1.76. The van der Waals surface area contributed by atoms with Gasteiger partial charge in [-0.15, -0.1) is 0 Å². The first-order valence-corrected chi connectivity index (χ1v) is 5.62. The number of nitrogens with zero attached hydrogens (tertiary/aromatic N) is 1. The standard InChI is InChI=1S/C11H19NO4/c1-3-12(7-10(13)15-2)11(14)9-5-4-6-16-8-9/h9H,3-8H2,1-2H3. The van der Waals surface area contributed by atoms with Crippen LogP contribution in [0.2, 0.25) is 0 Å². The van der Waals surface area contributed by atoms with Crippen LogP contribution in [0.3, 0.4) is 0 Å². The number of esters is 1. The van der Waals surface area contributed by atoms with Gasteiger partial charge in [0.15, 0.2) is 0 Å². The van der Waals surface area contributed by atoms with E-state index >= 15 is 0 Å². The highest BCUT2D eigenvalue weighted by Crippen LogP contribution is 2.16. The van der Waals surface area contributed by atoms with Gasteiger partial charge < -0.3 is 14.4 Å². The van der Waals surface area contributed by atoms with Crippen molar-refractivity contribution in [3.05, 3.63) is 0 Å². The average molecular weight is 229 g/mol. The molecule has 0 aromatic rings. The van der Waals surface area contributed by atoms with Gasteiger partial charge in [0.05, 0.1) is 19.6 Å². The Hall–Kier alpha value is -1.10. The minimum Gasteiger partial charge on any atom is -0.468 e. The Labute approximate surface area is 95.7 Å². The Morgan fingerprint density at radius 3 is 2.75 bits per heavy atom. The smallest absolute Gasteiger partial charge is 0.325 e. The zero-order chi connectivity index (χ0) is 12.0. The lowest BCUT2D eigenvalue weighted by molar-refractivity contribution is -0.150. The summed E-state index contributed by atoms with van der Waals surface area (Å²) in [6.45, 7) is 3.60. The SMILES string of the molecule is CCN(CC(=O)OC)C(=O)C1CCCOC1. The summed E-state index contributed by atoms with van der Waals surface area (Å²) in [5.74, 6) is -0.488. The van der Waals surface area contributed by atoms with Crippen molar-refractivity contribution in [1.29, 1.82) is 0 Å². The molecule has 0 radical (unpaired) electrons. The molecule has 1 amide bonds. The van der Waals surface area contributed by atoms with E-state index in [0.29, 0.717) is 13.2 Å². The van der Waals surface area contributed by atoms with Crippen molar-refractivity contribution in [3.63, 3.8) is 0 Å². The van der Waals surface area contributed by atoms with E-state index in [-0.39, 0.29) is 24.3 Å². The topological polar surface area (TPSA) is 55.8 Å². The molecule has 0 aromatic carbocycles. The fourth-order valence-corrected chi connectivity index (χ4v) is 1.76. The lowest BCUT2D eigenvalue weighted by atomic mass is 10.0. The monoisotopic (exact) mass is 229 g/mol. The molecular weight excluding hydrogens is 210 g/mol. The summed E-state index contributed by atoms with van der Waals surface area (Å²) in [6.07, 6.45) is 1.75. The maximum atomic E-state index is 12.0. The number of hydrogen-bond acceptors (Lipinski definition) is 4. The fraction of sp³-hybridized carbons (Fsp3) is 0.818. The Kier molecular flexibility index (Phi) is 5.25. The van der Waals surface area contributed by atoms with Crippen LogP contribution in [0.1, 0.15) is 19.8 Å². The van der Waals surface area contributed by atoms with Crippen LogP contribution in [0.5, 0.6) is 0 Å². The number of carbonyl (C=O) groups is 2. The van der Waals surface area contributed by atoms with E-state index in [1.807, 2.05) is 6.92 Å². The van der Waals surface area contributed by atoms with Gasteiger partial charge in [0.2, 0.25) is 5.91 Å². The summed E-state index contributed by atoms with van der Waals surface area (Å²) >= 11 is 0. The Bertz CT molecular complexity index is 248. The molecule has 1 unspecified atom stereocenters. The van der Waals surface area contributed by atoms with Crippen molar-refractivity contribution >= 4 is 11.9 Å². The molecule has 5 nitrogen and oxygen atoms in total. The molecule has 0 aromatic heterocycles. The first-order valence-electron chi connectivity index (χ1n) is 5.62. The molecule has 5 heteroatoms. The third-order valence-electron chi connectivity index (χ3n) is 2.75. The highest BCUT2D eigenvalue weighted by atomic mass is 16.5. The number of hydrogen-bond donors (Lipinski definition) is 0. The maximum absolute atomic E-state index is 12.0. The van der Waals surface area contributed by atoms with Gasteiger partial charge in [-0.25, -0.2) is 0 Å². The van der Waals surface area contributed by atoms with Gasteiger partial charge in [-0.05, 0) is 19.8 Å². The van der Waals surface area contributed by atoms with Crippen molar-refractivity contribution in [3.8, 4) is 0 Å². The highest BCUT2D eigenvalue weighted by molar-refractivity contribution is 5.83.